The van der Waals surface area contributed by atoms with Gasteiger partial charge in [-0.2, -0.15) is 0 Å². The van der Waals surface area contributed by atoms with Gasteiger partial charge in [-0.3, -0.25) is 4.79 Å². The molecule has 0 unspecified atom stereocenters. The van der Waals surface area contributed by atoms with Gasteiger partial charge < -0.3 is 9.80 Å². The molecule has 0 saturated carbocycles. The summed E-state index contributed by atoms with van der Waals surface area (Å²) in [6.45, 7) is 2.22. The van der Waals surface area contributed by atoms with Gasteiger partial charge in [-0.15, -0.1) is 0 Å². The van der Waals surface area contributed by atoms with Crippen molar-refractivity contribution in [3.05, 3.63) is 63.6 Å². The van der Waals surface area contributed by atoms with Crippen LogP contribution in [0.3, 0.4) is 0 Å². The summed E-state index contributed by atoms with van der Waals surface area (Å²) in [5.41, 5.74) is 3.31. The Labute approximate surface area is 152 Å². The maximum absolute atomic E-state index is 12.7. The van der Waals surface area contributed by atoms with Crippen molar-refractivity contribution in [3.8, 4) is 0 Å². The molecule has 0 radical (unpaired) electrons. The number of benzene rings is 2. The van der Waals surface area contributed by atoms with Gasteiger partial charge in [-0.1, -0.05) is 53.5 Å². The number of halogens is 2. The maximum atomic E-state index is 12.7. The molecule has 0 aliphatic carbocycles. The number of anilines is 1. The number of amides is 1. The second-order valence-electron chi connectivity index (χ2n) is 6.08. The lowest BCUT2D eigenvalue weighted by atomic mass is 10.1. The highest BCUT2D eigenvalue weighted by molar-refractivity contribution is 6.42. The number of hydrogen-bond donors (Lipinski definition) is 0. The van der Waals surface area contributed by atoms with Crippen molar-refractivity contribution in [3.63, 3.8) is 0 Å². The Morgan fingerprint density at radius 1 is 1.08 bits per heavy atom. The molecule has 1 amide bonds. The fraction of sp³-hybridized carbons (Fsp3) is 0.316. The van der Waals surface area contributed by atoms with E-state index in [4.69, 9.17) is 23.2 Å². The van der Waals surface area contributed by atoms with Crippen LogP contribution in [0.4, 0.5) is 5.69 Å². The number of hydrogen-bond acceptors (Lipinski definition) is 2. The second kappa shape index (κ2) is 7.45. The average molecular weight is 363 g/mol. The van der Waals surface area contributed by atoms with E-state index in [0.717, 1.165) is 18.7 Å². The van der Waals surface area contributed by atoms with Crippen molar-refractivity contribution in [2.75, 3.05) is 25.0 Å². The Hall–Kier alpha value is -1.71. The zero-order chi connectivity index (χ0) is 17.1. The van der Waals surface area contributed by atoms with Crippen LogP contribution in [0.15, 0.2) is 42.5 Å². The number of carbonyl (C=O) groups excluding carboxylic acids is 1. The fourth-order valence-electron chi connectivity index (χ4n) is 3.05. The number of aryl methyl sites for hydroxylation is 1. The molecule has 1 heterocycles. The van der Waals surface area contributed by atoms with E-state index < -0.39 is 0 Å². The first kappa shape index (κ1) is 17.1. The fourth-order valence-corrected chi connectivity index (χ4v) is 3.46. The van der Waals surface area contributed by atoms with Crippen LogP contribution < -0.4 is 4.90 Å². The topological polar surface area (TPSA) is 23.6 Å². The minimum atomic E-state index is 0.149. The molecular formula is C19H20Cl2N2O. The molecule has 2 aromatic carbocycles. The Bertz CT molecular complexity index is 748. The predicted octanol–water partition coefficient (Wildman–Crippen LogP) is 4.40. The SMILES string of the molecule is CN1CCN(C(=O)CCc2cccc(Cl)c2Cl)Cc2ccccc21. The van der Waals surface area contributed by atoms with Crippen molar-refractivity contribution >= 4 is 34.8 Å². The zero-order valence-electron chi connectivity index (χ0n) is 13.6. The number of para-hydroxylation sites is 1. The van der Waals surface area contributed by atoms with Gasteiger partial charge in [-0.25, -0.2) is 0 Å². The van der Waals surface area contributed by atoms with Gasteiger partial charge in [0.15, 0.2) is 0 Å². The second-order valence-corrected chi connectivity index (χ2v) is 6.86. The van der Waals surface area contributed by atoms with Gasteiger partial charge in [-0.05, 0) is 29.7 Å². The van der Waals surface area contributed by atoms with Crippen molar-refractivity contribution in [2.45, 2.75) is 19.4 Å². The molecule has 24 heavy (non-hydrogen) atoms. The van der Waals surface area contributed by atoms with Gasteiger partial charge in [0.25, 0.3) is 0 Å². The Balaban J connectivity index is 1.68. The molecule has 2 aromatic rings. The van der Waals surface area contributed by atoms with Crippen LogP contribution in [0.2, 0.25) is 10.0 Å². The number of rotatable bonds is 3. The Kier molecular flexibility index (Phi) is 5.32. The third kappa shape index (κ3) is 3.68. The quantitative estimate of drug-likeness (QED) is 0.807. The lowest BCUT2D eigenvalue weighted by Crippen LogP contribution is -2.34. The molecule has 0 bridgehead atoms. The van der Waals surface area contributed by atoms with Crippen LogP contribution >= 0.6 is 23.2 Å². The third-order valence-electron chi connectivity index (χ3n) is 4.46. The van der Waals surface area contributed by atoms with Crippen LogP contribution in [0.1, 0.15) is 17.5 Å². The standard InChI is InChI=1S/C19H20Cl2N2O/c1-22-11-12-23(13-15-5-2-3-8-17(15)22)18(24)10-9-14-6-4-7-16(20)19(14)21/h2-8H,9-13H2,1H3. The summed E-state index contributed by atoms with van der Waals surface area (Å²) in [6, 6.07) is 13.8. The van der Waals surface area contributed by atoms with Crippen LogP contribution in [0.5, 0.6) is 0 Å². The van der Waals surface area contributed by atoms with E-state index in [1.54, 1.807) is 6.07 Å². The highest BCUT2D eigenvalue weighted by Crippen LogP contribution is 2.27. The molecule has 1 aliphatic rings. The molecule has 0 atom stereocenters. The highest BCUT2D eigenvalue weighted by Gasteiger charge is 2.21. The number of likely N-dealkylation sites (N-methyl/N-ethyl adjacent to an activating group) is 1. The molecule has 0 saturated heterocycles. The van der Waals surface area contributed by atoms with E-state index in [2.05, 4.69) is 24.1 Å². The van der Waals surface area contributed by atoms with E-state index >= 15 is 0 Å². The van der Waals surface area contributed by atoms with E-state index in [-0.39, 0.29) is 5.91 Å². The van der Waals surface area contributed by atoms with Gasteiger partial charge in [0, 0.05) is 38.8 Å². The molecule has 0 N–H and O–H groups in total. The zero-order valence-corrected chi connectivity index (χ0v) is 15.1. The van der Waals surface area contributed by atoms with Crippen LogP contribution in [0.25, 0.3) is 0 Å². The molecule has 0 aromatic heterocycles. The lowest BCUT2D eigenvalue weighted by molar-refractivity contribution is -0.131. The summed E-state index contributed by atoms with van der Waals surface area (Å²) in [5, 5.41) is 1.08. The largest absolute Gasteiger partial charge is 0.373 e. The smallest absolute Gasteiger partial charge is 0.223 e. The molecule has 1 aliphatic heterocycles. The van der Waals surface area contributed by atoms with Gasteiger partial charge in [0.2, 0.25) is 5.91 Å². The molecular weight excluding hydrogens is 343 g/mol. The summed E-state index contributed by atoms with van der Waals surface area (Å²) in [7, 11) is 2.07. The van der Waals surface area contributed by atoms with E-state index in [1.165, 1.54) is 11.3 Å². The van der Waals surface area contributed by atoms with Crippen LogP contribution in [-0.2, 0) is 17.8 Å². The van der Waals surface area contributed by atoms with Gasteiger partial charge in [0.1, 0.15) is 0 Å². The minimum absolute atomic E-state index is 0.149. The first-order valence-corrected chi connectivity index (χ1v) is 8.81. The first-order valence-electron chi connectivity index (χ1n) is 8.06. The van der Waals surface area contributed by atoms with Crippen molar-refractivity contribution in [1.29, 1.82) is 0 Å². The summed E-state index contributed by atoms with van der Waals surface area (Å²) in [6.07, 6.45) is 1.04. The van der Waals surface area contributed by atoms with E-state index in [9.17, 15) is 4.79 Å². The van der Waals surface area contributed by atoms with Gasteiger partial charge >= 0.3 is 0 Å². The van der Waals surface area contributed by atoms with Crippen molar-refractivity contribution in [1.82, 2.24) is 4.90 Å². The third-order valence-corrected chi connectivity index (χ3v) is 5.32. The maximum Gasteiger partial charge on any atom is 0.223 e. The summed E-state index contributed by atoms with van der Waals surface area (Å²) >= 11 is 12.2. The van der Waals surface area contributed by atoms with Crippen LogP contribution in [0, 0.1) is 0 Å². The number of fused-ring (bicyclic) bond motifs is 1. The van der Waals surface area contributed by atoms with Gasteiger partial charge in [0.05, 0.1) is 10.0 Å². The summed E-state index contributed by atoms with van der Waals surface area (Å²) in [4.78, 5) is 16.8. The first-order chi connectivity index (χ1) is 11.6. The van der Waals surface area contributed by atoms with Crippen LogP contribution in [-0.4, -0.2) is 30.9 Å². The molecule has 126 valence electrons. The number of carbonyl (C=O) groups is 1. The average Bonchev–Trinajstić information content (AvgIpc) is 2.76. The highest BCUT2D eigenvalue weighted by atomic mass is 35.5. The van der Waals surface area contributed by atoms with E-state index in [1.807, 2.05) is 29.2 Å². The summed E-state index contributed by atoms with van der Waals surface area (Å²) < 4.78 is 0. The monoisotopic (exact) mass is 362 g/mol. The molecule has 0 spiro atoms. The molecule has 3 nitrogen and oxygen atoms in total. The predicted molar refractivity (Wildman–Crippen MR) is 99.9 cm³/mol. The van der Waals surface area contributed by atoms with Crippen molar-refractivity contribution in [2.24, 2.45) is 0 Å². The lowest BCUT2D eigenvalue weighted by Gasteiger charge is -2.21. The Morgan fingerprint density at radius 2 is 1.88 bits per heavy atom. The van der Waals surface area contributed by atoms with Crippen molar-refractivity contribution < 1.29 is 4.79 Å². The van der Waals surface area contributed by atoms with E-state index in [0.29, 0.717) is 29.4 Å². The number of nitrogens with zero attached hydrogens (tertiary/aromatic N) is 2. The summed E-state index contributed by atoms with van der Waals surface area (Å²) in [5.74, 6) is 0.149. The Morgan fingerprint density at radius 3 is 2.71 bits per heavy atom. The molecule has 0 fully saturated rings. The molecule has 5 heteroatoms. The normalized spacial score (nSPS) is 14.3. The molecule has 3 rings (SSSR count). The minimum Gasteiger partial charge on any atom is -0.373 e.